The molecule has 0 spiro atoms. The van der Waals surface area contributed by atoms with Crippen molar-refractivity contribution in [1.29, 1.82) is 0 Å². The minimum atomic E-state index is 0.376. The largest absolute Gasteiger partial charge is 0.493 e. The van der Waals surface area contributed by atoms with Crippen molar-refractivity contribution in [2.45, 2.75) is 32.4 Å². The molecule has 6 nitrogen and oxygen atoms in total. The molecule has 1 aliphatic rings. The fourth-order valence-corrected chi connectivity index (χ4v) is 3.48. The number of aliphatic imine (C=N–C) groups is 1. The van der Waals surface area contributed by atoms with Crippen LogP contribution in [0.2, 0.25) is 0 Å². The van der Waals surface area contributed by atoms with Gasteiger partial charge in [0.1, 0.15) is 0 Å². The number of nitrogens with one attached hydrogen (secondary N) is 2. The predicted molar refractivity (Wildman–Crippen MR) is 119 cm³/mol. The van der Waals surface area contributed by atoms with Crippen LogP contribution in [0.1, 0.15) is 25.3 Å². The van der Waals surface area contributed by atoms with Gasteiger partial charge in [0.15, 0.2) is 17.5 Å². The van der Waals surface area contributed by atoms with Crippen LogP contribution in [0.15, 0.2) is 53.5 Å². The Morgan fingerprint density at radius 2 is 2.00 bits per heavy atom. The fraction of sp³-hybridized carbons (Fsp3) is 0.435. The Labute approximate surface area is 173 Å². The summed E-state index contributed by atoms with van der Waals surface area (Å²) in [5.74, 6) is 2.36. The highest BCUT2D eigenvalue weighted by atomic mass is 16.5. The Bertz CT molecular complexity index is 795. The quantitative estimate of drug-likeness (QED) is 0.529. The molecule has 1 saturated heterocycles. The minimum Gasteiger partial charge on any atom is -0.493 e. The lowest BCUT2D eigenvalue weighted by molar-refractivity contribution is 0.294. The number of hydrogen-bond donors (Lipinski definition) is 2. The number of ether oxygens (including phenoxy) is 2. The first-order chi connectivity index (χ1) is 14.2. The molecule has 0 radical (unpaired) electrons. The average Bonchev–Trinajstić information content (AvgIpc) is 3.24. The van der Waals surface area contributed by atoms with Crippen molar-refractivity contribution >= 4 is 11.6 Å². The Morgan fingerprint density at radius 1 is 1.17 bits per heavy atom. The van der Waals surface area contributed by atoms with Crippen LogP contribution in [-0.4, -0.2) is 45.9 Å². The lowest BCUT2D eigenvalue weighted by Crippen LogP contribution is -2.44. The summed E-state index contributed by atoms with van der Waals surface area (Å²) in [6.07, 6.45) is 2.06. The molecular formula is C23H32N4O2. The monoisotopic (exact) mass is 396 g/mol. The van der Waals surface area contributed by atoms with Crippen molar-refractivity contribution in [3.63, 3.8) is 0 Å². The SMILES string of the molecule is CCCOc1ccc(CNC(=NC)NC2CCN(c3ccccc3)C2)cc1OC. The van der Waals surface area contributed by atoms with E-state index in [0.717, 1.165) is 49.0 Å². The summed E-state index contributed by atoms with van der Waals surface area (Å²) in [7, 11) is 3.48. The summed E-state index contributed by atoms with van der Waals surface area (Å²) in [5, 5.41) is 6.95. The number of methoxy groups -OCH3 is 1. The molecule has 0 amide bonds. The zero-order valence-corrected chi connectivity index (χ0v) is 17.6. The summed E-state index contributed by atoms with van der Waals surface area (Å²) in [6.45, 7) is 5.47. The summed E-state index contributed by atoms with van der Waals surface area (Å²) in [6, 6.07) is 17.0. The van der Waals surface area contributed by atoms with Crippen molar-refractivity contribution in [2.75, 3.05) is 38.8 Å². The van der Waals surface area contributed by atoms with Crippen LogP contribution in [0, 0.1) is 0 Å². The second-order valence-corrected chi connectivity index (χ2v) is 7.17. The third-order valence-electron chi connectivity index (χ3n) is 5.02. The van der Waals surface area contributed by atoms with Crippen LogP contribution in [0.5, 0.6) is 11.5 Å². The molecule has 2 N–H and O–H groups in total. The van der Waals surface area contributed by atoms with Gasteiger partial charge >= 0.3 is 0 Å². The summed E-state index contributed by atoms with van der Waals surface area (Å²) >= 11 is 0. The number of benzene rings is 2. The number of rotatable bonds is 8. The van der Waals surface area contributed by atoms with Crippen LogP contribution >= 0.6 is 0 Å². The van der Waals surface area contributed by atoms with Crippen molar-refractivity contribution < 1.29 is 9.47 Å². The van der Waals surface area contributed by atoms with Gasteiger partial charge in [0.2, 0.25) is 0 Å². The van der Waals surface area contributed by atoms with E-state index >= 15 is 0 Å². The third kappa shape index (κ3) is 5.79. The van der Waals surface area contributed by atoms with E-state index in [1.54, 1.807) is 7.11 Å². The average molecular weight is 397 g/mol. The van der Waals surface area contributed by atoms with Gasteiger partial charge in [0.25, 0.3) is 0 Å². The van der Waals surface area contributed by atoms with Gasteiger partial charge in [-0.15, -0.1) is 0 Å². The maximum absolute atomic E-state index is 5.73. The topological polar surface area (TPSA) is 58.1 Å². The molecule has 0 aromatic heterocycles. The van der Waals surface area contributed by atoms with Gasteiger partial charge in [-0.1, -0.05) is 31.2 Å². The Kier molecular flexibility index (Phi) is 7.61. The summed E-state index contributed by atoms with van der Waals surface area (Å²) in [4.78, 5) is 6.79. The maximum atomic E-state index is 5.73. The normalized spacial score (nSPS) is 16.6. The number of guanidine groups is 1. The highest BCUT2D eigenvalue weighted by Gasteiger charge is 2.23. The molecule has 2 aromatic rings. The van der Waals surface area contributed by atoms with Crippen molar-refractivity contribution in [3.8, 4) is 11.5 Å². The molecule has 3 rings (SSSR count). The Balaban J connectivity index is 1.52. The van der Waals surface area contributed by atoms with Crippen LogP contribution in [0.4, 0.5) is 5.69 Å². The Morgan fingerprint density at radius 3 is 2.72 bits per heavy atom. The zero-order chi connectivity index (χ0) is 20.5. The molecular weight excluding hydrogens is 364 g/mol. The predicted octanol–water partition coefficient (Wildman–Crippen LogP) is 3.43. The van der Waals surface area contributed by atoms with Crippen LogP contribution in [0.3, 0.4) is 0 Å². The van der Waals surface area contributed by atoms with Crippen LogP contribution in [-0.2, 0) is 6.54 Å². The number of nitrogens with zero attached hydrogens (tertiary/aromatic N) is 2. The molecule has 156 valence electrons. The van der Waals surface area contributed by atoms with Gasteiger partial charge in [-0.25, -0.2) is 0 Å². The number of para-hydroxylation sites is 1. The molecule has 1 aliphatic heterocycles. The molecule has 2 aromatic carbocycles. The van der Waals surface area contributed by atoms with E-state index in [1.807, 2.05) is 19.2 Å². The molecule has 1 heterocycles. The van der Waals surface area contributed by atoms with E-state index in [0.29, 0.717) is 19.2 Å². The van der Waals surface area contributed by atoms with Crippen LogP contribution in [0.25, 0.3) is 0 Å². The highest BCUT2D eigenvalue weighted by Crippen LogP contribution is 2.28. The molecule has 0 bridgehead atoms. The first-order valence-electron chi connectivity index (χ1n) is 10.3. The first-order valence-corrected chi connectivity index (χ1v) is 10.3. The zero-order valence-electron chi connectivity index (χ0n) is 17.6. The van der Waals surface area contributed by atoms with Gasteiger partial charge in [0, 0.05) is 38.4 Å². The van der Waals surface area contributed by atoms with Crippen molar-refractivity contribution in [2.24, 2.45) is 4.99 Å². The first kappa shape index (κ1) is 20.8. The Hall–Kier alpha value is -2.89. The van der Waals surface area contributed by atoms with E-state index < -0.39 is 0 Å². The van der Waals surface area contributed by atoms with E-state index in [2.05, 4.69) is 63.8 Å². The van der Waals surface area contributed by atoms with Crippen molar-refractivity contribution in [1.82, 2.24) is 10.6 Å². The van der Waals surface area contributed by atoms with E-state index in [-0.39, 0.29) is 0 Å². The summed E-state index contributed by atoms with van der Waals surface area (Å²) in [5.41, 5.74) is 2.39. The molecule has 0 aliphatic carbocycles. The smallest absolute Gasteiger partial charge is 0.191 e. The standard InChI is InChI=1S/C23H32N4O2/c1-4-14-29-21-11-10-18(15-22(21)28-3)16-25-23(24-2)26-19-12-13-27(17-19)20-8-6-5-7-9-20/h5-11,15,19H,4,12-14,16-17H2,1-3H3,(H2,24,25,26). The van der Waals surface area contributed by atoms with Gasteiger partial charge in [-0.05, 0) is 42.7 Å². The van der Waals surface area contributed by atoms with Gasteiger partial charge in [0.05, 0.1) is 13.7 Å². The van der Waals surface area contributed by atoms with Gasteiger partial charge in [-0.2, -0.15) is 0 Å². The van der Waals surface area contributed by atoms with E-state index in [4.69, 9.17) is 9.47 Å². The molecule has 6 heteroatoms. The van der Waals surface area contributed by atoms with Gasteiger partial charge < -0.3 is 25.0 Å². The third-order valence-corrected chi connectivity index (χ3v) is 5.02. The molecule has 1 unspecified atom stereocenters. The molecule has 1 atom stereocenters. The van der Waals surface area contributed by atoms with E-state index in [9.17, 15) is 0 Å². The lowest BCUT2D eigenvalue weighted by Gasteiger charge is -2.20. The number of anilines is 1. The second-order valence-electron chi connectivity index (χ2n) is 7.17. The second kappa shape index (κ2) is 10.6. The maximum Gasteiger partial charge on any atom is 0.191 e. The lowest BCUT2D eigenvalue weighted by atomic mass is 10.2. The molecule has 0 saturated carbocycles. The highest BCUT2D eigenvalue weighted by molar-refractivity contribution is 5.80. The van der Waals surface area contributed by atoms with Crippen molar-refractivity contribution in [3.05, 3.63) is 54.1 Å². The molecule has 1 fully saturated rings. The molecule has 29 heavy (non-hydrogen) atoms. The van der Waals surface area contributed by atoms with E-state index in [1.165, 1.54) is 5.69 Å². The fourth-order valence-electron chi connectivity index (χ4n) is 3.48. The minimum absolute atomic E-state index is 0.376. The van der Waals surface area contributed by atoms with Gasteiger partial charge in [-0.3, -0.25) is 4.99 Å². The number of hydrogen-bond acceptors (Lipinski definition) is 4. The summed E-state index contributed by atoms with van der Waals surface area (Å²) < 4.78 is 11.2. The van der Waals surface area contributed by atoms with Crippen LogP contribution < -0.4 is 25.0 Å².